The molecule has 0 aromatic heterocycles. The molecule has 1 heterocycles. The number of hydrogen-bond acceptors (Lipinski definition) is 4. The monoisotopic (exact) mass is 330 g/mol. The maximum absolute atomic E-state index is 13.5. The molecule has 8 heteroatoms. The van der Waals surface area contributed by atoms with Crippen LogP contribution in [0.3, 0.4) is 0 Å². The van der Waals surface area contributed by atoms with Crippen LogP contribution in [-0.4, -0.2) is 40.8 Å². The van der Waals surface area contributed by atoms with Gasteiger partial charge in [-0.2, -0.15) is 0 Å². The highest BCUT2D eigenvalue weighted by atomic mass is 32.2. The average molecular weight is 330 g/mol. The van der Waals surface area contributed by atoms with E-state index >= 15 is 0 Å². The van der Waals surface area contributed by atoms with Gasteiger partial charge in [0, 0.05) is 26.2 Å². The molecule has 122 valence electrons. The molecule has 1 fully saturated rings. The Bertz CT molecular complexity index is 657. The summed E-state index contributed by atoms with van der Waals surface area (Å²) in [6.45, 7) is 1.02. The second kappa shape index (κ2) is 6.62. The van der Waals surface area contributed by atoms with Crippen molar-refractivity contribution in [2.45, 2.75) is 12.8 Å². The lowest BCUT2D eigenvalue weighted by molar-refractivity contribution is -0.122. The van der Waals surface area contributed by atoms with E-state index in [1.807, 2.05) is 0 Å². The molecule has 22 heavy (non-hydrogen) atoms. The molecule has 1 aromatic rings. The summed E-state index contributed by atoms with van der Waals surface area (Å²) in [4.78, 5) is 12.2. The third kappa shape index (κ3) is 3.95. The van der Waals surface area contributed by atoms with Crippen LogP contribution in [0.2, 0.25) is 0 Å². The van der Waals surface area contributed by atoms with Gasteiger partial charge in [0.2, 0.25) is 15.9 Å². The smallest absolute Gasteiger partial charge is 0.232 e. The minimum absolute atomic E-state index is 0.143. The van der Waals surface area contributed by atoms with Gasteiger partial charge in [-0.15, -0.1) is 0 Å². The maximum Gasteiger partial charge on any atom is 0.232 e. The molecular formula is C14H19FN2O4S. The van der Waals surface area contributed by atoms with Crippen LogP contribution in [0.1, 0.15) is 12.8 Å². The SMILES string of the molecule is CN(c1ccc(F)cc1NC(=O)C1CCOCC1)S(C)(=O)=O. The summed E-state index contributed by atoms with van der Waals surface area (Å²) in [6.07, 6.45) is 2.23. The summed E-state index contributed by atoms with van der Waals surface area (Å²) < 4.78 is 43.0. The summed E-state index contributed by atoms with van der Waals surface area (Å²) in [5, 5.41) is 2.63. The Labute approximate surface area is 129 Å². The molecule has 0 saturated carbocycles. The first-order chi connectivity index (χ1) is 10.3. The van der Waals surface area contributed by atoms with Crippen LogP contribution in [-0.2, 0) is 19.6 Å². The first kappa shape index (κ1) is 16.7. The molecule has 0 radical (unpaired) electrons. The van der Waals surface area contributed by atoms with E-state index in [0.717, 1.165) is 22.7 Å². The number of anilines is 2. The molecular weight excluding hydrogens is 311 g/mol. The molecule has 1 aliphatic rings. The van der Waals surface area contributed by atoms with E-state index in [1.54, 1.807) is 0 Å². The Balaban J connectivity index is 2.25. The number of halogens is 1. The van der Waals surface area contributed by atoms with Crippen molar-refractivity contribution in [3.8, 4) is 0 Å². The Kier molecular flexibility index (Phi) is 5.02. The van der Waals surface area contributed by atoms with Crippen molar-refractivity contribution in [2.75, 3.05) is 36.1 Å². The maximum atomic E-state index is 13.5. The van der Waals surface area contributed by atoms with Gasteiger partial charge >= 0.3 is 0 Å². The molecule has 2 rings (SSSR count). The van der Waals surface area contributed by atoms with Crippen molar-refractivity contribution in [3.63, 3.8) is 0 Å². The van der Waals surface area contributed by atoms with Crippen molar-refractivity contribution in [1.82, 2.24) is 0 Å². The topological polar surface area (TPSA) is 75.7 Å². The van der Waals surface area contributed by atoms with E-state index in [4.69, 9.17) is 4.74 Å². The van der Waals surface area contributed by atoms with Gasteiger partial charge < -0.3 is 10.1 Å². The summed E-state index contributed by atoms with van der Waals surface area (Å²) >= 11 is 0. The van der Waals surface area contributed by atoms with E-state index < -0.39 is 15.8 Å². The number of nitrogens with one attached hydrogen (secondary N) is 1. The second-order valence-electron chi connectivity index (χ2n) is 5.27. The molecule has 0 spiro atoms. The molecule has 1 saturated heterocycles. The van der Waals surface area contributed by atoms with Gasteiger partial charge in [0.15, 0.2) is 0 Å². The minimum Gasteiger partial charge on any atom is -0.381 e. The van der Waals surface area contributed by atoms with Crippen LogP contribution < -0.4 is 9.62 Å². The number of hydrogen-bond donors (Lipinski definition) is 1. The van der Waals surface area contributed by atoms with Gasteiger partial charge in [-0.05, 0) is 31.0 Å². The number of nitrogens with zero attached hydrogens (tertiary/aromatic N) is 1. The lowest BCUT2D eigenvalue weighted by Gasteiger charge is -2.24. The second-order valence-corrected chi connectivity index (χ2v) is 7.28. The standard InChI is InChI=1S/C14H19FN2O4S/c1-17(22(2,19)20)13-4-3-11(15)9-12(13)16-14(18)10-5-7-21-8-6-10/h3-4,9-10H,5-8H2,1-2H3,(H,16,18). The quantitative estimate of drug-likeness (QED) is 0.909. The largest absolute Gasteiger partial charge is 0.381 e. The van der Waals surface area contributed by atoms with Crippen LogP contribution in [0.25, 0.3) is 0 Å². The van der Waals surface area contributed by atoms with E-state index in [9.17, 15) is 17.6 Å². The van der Waals surface area contributed by atoms with Crippen LogP contribution in [0.15, 0.2) is 18.2 Å². The highest BCUT2D eigenvalue weighted by Crippen LogP contribution is 2.29. The number of carbonyl (C=O) groups excluding carboxylic acids is 1. The van der Waals surface area contributed by atoms with Gasteiger partial charge in [-0.1, -0.05) is 0 Å². The highest BCUT2D eigenvalue weighted by molar-refractivity contribution is 7.92. The Morgan fingerprint density at radius 3 is 2.59 bits per heavy atom. The highest BCUT2D eigenvalue weighted by Gasteiger charge is 2.24. The number of rotatable bonds is 4. The van der Waals surface area contributed by atoms with Gasteiger partial charge in [0.05, 0.1) is 17.6 Å². The fourth-order valence-electron chi connectivity index (χ4n) is 2.26. The molecule has 0 unspecified atom stereocenters. The Hall–Kier alpha value is -1.67. The van der Waals surface area contributed by atoms with Gasteiger partial charge in [-0.3, -0.25) is 9.10 Å². The zero-order chi connectivity index (χ0) is 16.3. The summed E-state index contributed by atoms with van der Waals surface area (Å²) in [5.74, 6) is -1.02. The van der Waals surface area contributed by atoms with E-state index in [2.05, 4.69) is 5.32 Å². The predicted octanol–water partition coefficient (Wildman–Crippen LogP) is 1.59. The molecule has 6 nitrogen and oxygen atoms in total. The van der Waals surface area contributed by atoms with E-state index in [0.29, 0.717) is 26.1 Å². The molecule has 1 amide bonds. The lowest BCUT2D eigenvalue weighted by atomic mass is 9.99. The molecule has 0 aliphatic carbocycles. The number of sulfonamides is 1. The lowest BCUT2D eigenvalue weighted by Crippen LogP contribution is -2.30. The fraction of sp³-hybridized carbons (Fsp3) is 0.500. The van der Waals surface area contributed by atoms with E-state index in [1.165, 1.54) is 13.1 Å². The average Bonchev–Trinajstić information content (AvgIpc) is 2.47. The van der Waals surface area contributed by atoms with Crippen molar-refractivity contribution < 1.29 is 22.3 Å². The molecule has 1 aliphatic heterocycles. The van der Waals surface area contributed by atoms with Crippen LogP contribution in [0.5, 0.6) is 0 Å². The van der Waals surface area contributed by atoms with E-state index in [-0.39, 0.29) is 23.2 Å². The Morgan fingerprint density at radius 1 is 1.36 bits per heavy atom. The third-order valence-electron chi connectivity index (χ3n) is 3.65. The van der Waals surface area contributed by atoms with Gasteiger partial charge in [-0.25, -0.2) is 12.8 Å². The summed E-state index contributed by atoms with van der Waals surface area (Å²) in [5.41, 5.74) is 0.369. The van der Waals surface area contributed by atoms with Crippen molar-refractivity contribution in [3.05, 3.63) is 24.0 Å². The molecule has 0 bridgehead atoms. The minimum atomic E-state index is -3.51. The molecule has 1 aromatic carbocycles. The summed E-state index contributed by atoms with van der Waals surface area (Å²) in [6, 6.07) is 3.60. The number of ether oxygens (including phenoxy) is 1. The zero-order valence-corrected chi connectivity index (χ0v) is 13.3. The number of benzene rings is 1. The normalized spacial score (nSPS) is 16.3. The van der Waals surface area contributed by atoms with Crippen LogP contribution in [0, 0.1) is 11.7 Å². The fourth-order valence-corrected chi connectivity index (χ4v) is 2.77. The zero-order valence-electron chi connectivity index (χ0n) is 12.5. The third-order valence-corrected chi connectivity index (χ3v) is 4.84. The van der Waals surface area contributed by atoms with Crippen LogP contribution in [0.4, 0.5) is 15.8 Å². The molecule has 0 atom stereocenters. The van der Waals surface area contributed by atoms with Crippen molar-refractivity contribution in [2.24, 2.45) is 5.92 Å². The van der Waals surface area contributed by atoms with Gasteiger partial charge in [0.1, 0.15) is 5.82 Å². The van der Waals surface area contributed by atoms with Gasteiger partial charge in [0.25, 0.3) is 0 Å². The van der Waals surface area contributed by atoms with Crippen molar-refractivity contribution >= 4 is 27.3 Å². The number of amides is 1. The summed E-state index contributed by atoms with van der Waals surface area (Å²) in [7, 11) is -2.16. The van der Waals surface area contributed by atoms with Crippen LogP contribution >= 0.6 is 0 Å². The Morgan fingerprint density at radius 2 is 2.00 bits per heavy atom. The first-order valence-electron chi connectivity index (χ1n) is 6.91. The first-order valence-corrected chi connectivity index (χ1v) is 8.76. The predicted molar refractivity (Wildman–Crippen MR) is 81.8 cm³/mol. The molecule has 1 N–H and O–H groups in total. The van der Waals surface area contributed by atoms with Crippen molar-refractivity contribution in [1.29, 1.82) is 0 Å². The number of carbonyl (C=O) groups is 1.